The number of benzene rings is 1. The third-order valence-corrected chi connectivity index (χ3v) is 6.02. The molecule has 3 rings (SSSR count). The second-order valence-corrected chi connectivity index (χ2v) is 9.10. The number of rotatable bonds is 7. The maximum Gasteiger partial charge on any atom is 0.266 e. The quantitative estimate of drug-likeness (QED) is 0.582. The second kappa shape index (κ2) is 9.11. The van der Waals surface area contributed by atoms with Crippen LogP contribution in [-0.4, -0.2) is 27.6 Å². The van der Waals surface area contributed by atoms with E-state index in [1.807, 2.05) is 38.1 Å². The van der Waals surface area contributed by atoms with Crippen molar-refractivity contribution in [2.75, 3.05) is 6.61 Å². The Hall–Kier alpha value is -2.15. The van der Waals surface area contributed by atoms with Crippen molar-refractivity contribution in [3.05, 3.63) is 67.8 Å². The molecule has 2 aromatic heterocycles. The lowest BCUT2D eigenvalue weighted by Crippen LogP contribution is -2.31. The summed E-state index contributed by atoms with van der Waals surface area (Å²) in [6, 6.07) is 11.0. The van der Waals surface area contributed by atoms with Crippen LogP contribution < -0.4 is 10.3 Å². The third-order valence-electron chi connectivity index (χ3n) is 4.59. The average Bonchev–Trinajstić information content (AvgIpc) is 3.10. The van der Waals surface area contributed by atoms with Crippen molar-refractivity contribution in [3.63, 3.8) is 0 Å². The maximum atomic E-state index is 12.2. The first kappa shape index (κ1) is 21.6. The van der Waals surface area contributed by atoms with Crippen molar-refractivity contribution in [3.8, 4) is 16.3 Å². The van der Waals surface area contributed by atoms with Gasteiger partial charge in [-0.15, -0.1) is 11.3 Å². The second-order valence-electron chi connectivity index (χ2n) is 7.41. The molecule has 1 unspecified atom stereocenters. The lowest BCUT2D eigenvalue weighted by Gasteiger charge is -2.18. The number of thiophene rings is 1. The highest BCUT2D eigenvalue weighted by Crippen LogP contribution is 2.32. The van der Waals surface area contributed by atoms with Crippen LogP contribution in [-0.2, 0) is 6.54 Å². The summed E-state index contributed by atoms with van der Waals surface area (Å²) in [6.45, 7) is 8.17. The molecule has 0 spiro atoms. The number of aryl methyl sites for hydroxylation is 2. The Labute approximate surface area is 179 Å². The Morgan fingerprint density at radius 2 is 1.97 bits per heavy atom. The maximum absolute atomic E-state index is 12.2. The van der Waals surface area contributed by atoms with Crippen LogP contribution in [0.15, 0.2) is 41.2 Å². The van der Waals surface area contributed by atoms with Crippen molar-refractivity contribution in [1.82, 2.24) is 9.78 Å². The molecule has 0 aliphatic heterocycles. The molecule has 3 aromatic rings. The number of hydrogen-bond donors (Lipinski definition) is 1. The zero-order valence-electron chi connectivity index (χ0n) is 17.0. The van der Waals surface area contributed by atoms with Crippen LogP contribution in [0, 0.1) is 13.8 Å². The minimum absolute atomic E-state index is 0.0528. The molecule has 0 bridgehead atoms. The van der Waals surface area contributed by atoms with Gasteiger partial charge in [-0.1, -0.05) is 25.4 Å². The molecule has 0 amide bonds. The van der Waals surface area contributed by atoms with Gasteiger partial charge in [-0.25, -0.2) is 4.68 Å². The molecule has 29 heavy (non-hydrogen) atoms. The van der Waals surface area contributed by atoms with Gasteiger partial charge in [-0.2, -0.15) is 5.10 Å². The summed E-state index contributed by atoms with van der Waals surface area (Å²) in [7, 11) is 0. The van der Waals surface area contributed by atoms with Crippen molar-refractivity contribution < 1.29 is 9.84 Å². The zero-order chi connectivity index (χ0) is 21.1. The van der Waals surface area contributed by atoms with Crippen LogP contribution >= 0.6 is 22.9 Å². The molecule has 0 aliphatic rings. The zero-order valence-corrected chi connectivity index (χ0v) is 18.5. The Morgan fingerprint density at radius 1 is 1.21 bits per heavy atom. The van der Waals surface area contributed by atoms with Crippen LogP contribution in [0.5, 0.6) is 5.75 Å². The van der Waals surface area contributed by atoms with Gasteiger partial charge in [0.15, 0.2) is 0 Å². The number of aromatic nitrogens is 2. The highest BCUT2D eigenvalue weighted by atomic mass is 35.5. The van der Waals surface area contributed by atoms with E-state index in [-0.39, 0.29) is 24.6 Å². The topological polar surface area (TPSA) is 64.4 Å². The summed E-state index contributed by atoms with van der Waals surface area (Å²) in [4.78, 5) is 14.3. The average molecular weight is 433 g/mol. The van der Waals surface area contributed by atoms with Gasteiger partial charge in [0.05, 0.1) is 11.4 Å². The molecule has 0 saturated carbocycles. The van der Waals surface area contributed by atoms with Gasteiger partial charge < -0.3 is 9.84 Å². The first-order valence-corrected chi connectivity index (χ1v) is 10.7. The third kappa shape index (κ3) is 5.26. The SMILES string of the molecule is Cc1ccc(-c2ccc(=O)n(CC(O)COc3cc(C)c(Cl)cc3C(C)C)n2)s1. The molecule has 1 aromatic carbocycles. The van der Waals surface area contributed by atoms with E-state index in [2.05, 4.69) is 18.9 Å². The van der Waals surface area contributed by atoms with Crippen molar-refractivity contribution in [2.24, 2.45) is 0 Å². The molecule has 7 heteroatoms. The summed E-state index contributed by atoms with van der Waals surface area (Å²) in [6.07, 6.45) is -0.878. The first-order valence-electron chi connectivity index (χ1n) is 9.50. The molecule has 0 aliphatic carbocycles. The van der Waals surface area contributed by atoms with Gasteiger partial charge >= 0.3 is 0 Å². The number of hydrogen-bond acceptors (Lipinski definition) is 5. The number of nitrogens with zero attached hydrogens (tertiary/aromatic N) is 2. The molecule has 0 saturated heterocycles. The lowest BCUT2D eigenvalue weighted by atomic mass is 10.0. The number of aliphatic hydroxyl groups is 1. The predicted molar refractivity (Wildman–Crippen MR) is 118 cm³/mol. The molecule has 1 atom stereocenters. The molecule has 5 nitrogen and oxygen atoms in total. The standard InChI is InChI=1S/C22H25ClN2O3S/c1-13(2)17-10-18(23)14(3)9-20(17)28-12-16(26)11-25-22(27)8-6-19(24-25)21-7-5-15(4)29-21/h5-10,13,16,26H,11-12H2,1-4H3. The monoisotopic (exact) mass is 432 g/mol. The van der Waals surface area contributed by atoms with E-state index in [0.29, 0.717) is 16.5 Å². The molecular weight excluding hydrogens is 408 g/mol. The predicted octanol–water partition coefficient (Wildman–Crippen LogP) is 4.81. The van der Waals surface area contributed by atoms with E-state index in [1.54, 1.807) is 17.4 Å². The summed E-state index contributed by atoms with van der Waals surface area (Å²) in [5.41, 5.74) is 2.35. The van der Waals surface area contributed by atoms with Crippen LogP contribution in [0.4, 0.5) is 0 Å². The van der Waals surface area contributed by atoms with Crippen LogP contribution in [0.25, 0.3) is 10.6 Å². The summed E-state index contributed by atoms with van der Waals surface area (Å²) < 4.78 is 7.16. The minimum Gasteiger partial charge on any atom is -0.491 e. The van der Waals surface area contributed by atoms with E-state index in [4.69, 9.17) is 16.3 Å². The highest BCUT2D eigenvalue weighted by Gasteiger charge is 2.15. The Bertz CT molecular complexity index is 1060. The summed E-state index contributed by atoms with van der Waals surface area (Å²) in [5, 5.41) is 15.6. The Morgan fingerprint density at radius 3 is 2.62 bits per heavy atom. The van der Waals surface area contributed by atoms with Gasteiger partial charge in [0.25, 0.3) is 5.56 Å². The molecular formula is C22H25ClN2O3S. The Kier molecular flexibility index (Phi) is 6.77. The van der Waals surface area contributed by atoms with Gasteiger partial charge in [0, 0.05) is 16.0 Å². The van der Waals surface area contributed by atoms with Crippen molar-refractivity contribution in [1.29, 1.82) is 0 Å². The van der Waals surface area contributed by atoms with Crippen LogP contribution in [0.2, 0.25) is 5.02 Å². The Balaban J connectivity index is 1.73. The van der Waals surface area contributed by atoms with E-state index in [1.165, 1.54) is 15.6 Å². The smallest absolute Gasteiger partial charge is 0.266 e. The van der Waals surface area contributed by atoms with Gasteiger partial charge in [0.1, 0.15) is 24.2 Å². The van der Waals surface area contributed by atoms with Crippen LogP contribution in [0.1, 0.15) is 35.8 Å². The van der Waals surface area contributed by atoms with E-state index in [0.717, 1.165) is 16.0 Å². The number of ether oxygens (including phenoxy) is 1. The molecule has 1 N–H and O–H groups in total. The van der Waals surface area contributed by atoms with Crippen molar-refractivity contribution in [2.45, 2.75) is 46.3 Å². The lowest BCUT2D eigenvalue weighted by molar-refractivity contribution is 0.0874. The summed E-state index contributed by atoms with van der Waals surface area (Å²) in [5.74, 6) is 0.930. The fraction of sp³-hybridized carbons (Fsp3) is 0.364. The number of halogens is 1. The molecule has 154 valence electrons. The normalized spacial score (nSPS) is 12.4. The minimum atomic E-state index is -0.878. The largest absolute Gasteiger partial charge is 0.491 e. The van der Waals surface area contributed by atoms with E-state index >= 15 is 0 Å². The van der Waals surface area contributed by atoms with Gasteiger partial charge in [0.2, 0.25) is 0 Å². The first-order chi connectivity index (χ1) is 13.7. The highest BCUT2D eigenvalue weighted by molar-refractivity contribution is 7.15. The van der Waals surface area contributed by atoms with E-state index < -0.39 is 6.10 Å². The summed E-state index contributed by atoms with van der Waals surface area (Å²) >= 11 is 7.85. The van der Waals surface area contributed by atoms with Crippen LogP contribution in [0.3, 0.4) is 0 Å². The molecule has 0 fully saturated rings. The molecule has 0 radical (unpaired) electrons. The molecule has 2 heterocycles. The van der Waals surface area contributed by atoms with Crippen molar-refractivity contribution >= 4 is 22.9 Å². The van der Waals surface area contributed by atoms with Gasteiger partial charge in [-0.05, 0) is 61.2 Å². The van der Waals surface area contributed by atoms with E-state index in [9.17, 15) is 9.90 Å². The fourth-order valence-electron chi connectivity index (χ4n) is 2.97. The van der Waals surface area contributed by atoms with Gasteiger partial charge in [-0.3, -0.25) is 4.79 Å². The number of aliphatic hydroxyl groups excluding tert-OH is 1. The fourth-order valence-corrected chi connectivity index (χ4v) is 3.97.